The molecule has 2 aromatic carbocycles. The van der Waals surface area contributed by atoms with Crippen molar-refractivity contribution in [3.8, 4) is 0 Å². The van der Waals surface area contributed by atoms with Crippen molar-refractivity contribution in [3.05, 3.63) is 59.2 Å². The highest BCUT2D eigenvalue weighted by Gasteiger charge is 2.04. The average Bonchev–Trinajstić information content (AvgIpc) is 2.61. The summed E-state index contributed by atoms with van der Waals surface area (Å²) in [7, 11) is 0. The van der Waals surface area contributed by atoms with Crippen molar-refractivity contribution in [2.75, 3.05) is 18.0 Å². The van der Waals surface area contributed by atoms with Crippen molar-refractivity contribution in [3.63, 3.8) is 0 Å². The zero-order valence-corrected chi connectivity index (χ0v) is 14.8. The largest absolute Gasteiger partial charge is 0.372 e. The number of aryl methyl sites for hydroxylation is 2. The summed E-state index contributed by atoms with van der Waals surface area (Å²) in [6.07, 6.45) is 4.02. The van der Waals surface area contributed by atoms with Crippen LogP contribution in [0.5, 0.6) is 0 Å². The van der Waals surface area contributed by atoms with Gasteiger partial charge in [0.2, 0.25) is 0 Å². The SMILES string of the molecule is CCc1cccc(CC)c1N=Cc1ccc(N(CC)CC)cc1. The van der Waals surface area contributed by atoms with E-state index in [1.807, 2.05) is 6.21 Å². The van der Waals surface area contributed by atoms with Crippen molar-refractivity contribution in [1.82, 2.24) is 0 Å². The molecule has 2 nitrogen and oxygen atoms in total. The molecule has 0 aliphatic rings. The lowest BCUT2D eigenvalue weighted by Gasteiger charge is -2.20. The molecule has 0 unspecified atom stereocenters. The van der Waals surface area contributed by atoms with Gasteiger partial charge in [0.1, 0.15) is 0 Å². The Hall–Kier alpha value is -2.09. The smallest absolute Gasteiger partial charge is 0.0693 e. The Morgan fingerprint density at radius 3 is 1.87 bits per heavy atom. The highest BCUT2D eigenvalue weighted by Crippen LogP contribution is 2.25. The molecule has 0 saturated carbocycles. The fourth-order valence-electron chi connectivity index (χ4n) is 2.88. The number of hydrogen-bond donors (Lipinski definition) is 0. The van der Waals surface area contributed by atoms with Gasteiger partial charge in [-0.05, 0) is 55.5 Å². The second-order valence-electron chi connectivity index (χ2n) is 5.65. The highest BCUT2D eigenvalue weighted by molar-refractivity contribution is 5.83. The summed E-state index contributed by atoms with van der Waals surface area (Å²) in [5, 5.41) is 0. The highest BCUT2D eigenvalue weighted by atomic mass is 15.1. The van der Waals surface area contributed by atoms with E-state index < -0.39 is 0 Å². The molecule has 0 amide bonds. The second kappa shape index (κ2) is 8.52. The molecule has 0 spiro atoms. The predicted molar refractivity (Wildman–Crippen MR) is 102 cm³/mol. The van der Waals surface area contributed by atoms with Crippen LogP contribution >= 0.6 is 0 Å². The number of benzene rings is 2. The predicted octanol–water partition coefficient (Wildman–Crippen LogP) is 5.41. The zero-order valence-electron chi connectivity index (χ0n) is 14.8. The van der Waals surface area contributed by atoms with Crippen molar-refractivity contribution in [2.24, 2.45) is 4.99 Å². The van der Waals surface area contributed by atoms with E-state index in [0.717, 1.165) is 37.2 Å². The molecule has 0 atom stereocenters. The first-order valence-corrected chi connectivity index (χ1v) is 8.73. The quantitative estimate of drug-likeness (QED) is 0.625. The van der Waals surface area contributed by atoms with Gasteiger partial charge >= 0.3 is 0 Å². The number of anilines is 1. The van der Waals surface area contributed by atoms with Crippen LogP contribution < -0.4 is 4.90 Å². The molecule has 122 valence electrons. The minimum atomic E-state index is 1.02. The molecule has 0 aromatic heterocycles. The lowest BCUT2D eigenvalue weighted by atomic mass is 10.0. The molecule has 0 bridgehead atoms. The van der Waals surface area contributed by atoms with Crippen LogP contribution in [-0.2, 0) is 12.8 Å². The average molecular weight is 308 g/mol. The number of nitrogens with zero attached hydrogens (tertiary/aromatic N) is 2. The molecule has 23 heavy (non-hydrogen) atoms. The molecule has 2 heteroatoms. The number of rotatable bonds is 7. The first-order valence-electron chi connectivity index (χ1n) is 8.73. The summed E-state index contributed by atoms with van der Waals surface area (Å²) in [6, 6.07) is 15.1. The van der Waals surface area contributed by atoms with Gasteiger partial charge < -0.3 is 4.90 Å². The van der Waals surface area contributed by atoms with Gasteiger partial charge in [-0.3, -0.25) is 4.99 Å². The Morgan fingerprint density at radius 2 is 1.39 bits per heavy atom. The lowest BCUT2D eigenvalue weighted by molar-refractivity contribution is 0.866. The molecule has 0 N–H and O–H groups in total. The Balaban J connectivity index is 2.24. The summed E-state index contributed by atoms with van der Waals surface area (Å²) in [6.45, 7) is 10.8. The van der Waals surface area contributed by atoms with E-state index in [9.17, 15) is 0 Å². The van der Waals surface area contributed by atoms with E-state index in [4.69, 9.17) is 4.99 Å². The van der Waals surface area contributed by atoms with Crippen LogP contribution in [0.25, 0.3) is 0 Å². The molecule has 0 radical (unpaired) electrons. The van der Waals surface area contributed by atoms with Gasteiger partial charge in [0.05, 0.1) is 5.69 Å². The minimum Gasteiger partial charge on any atom is -0.372 e. The number of aliphatic imine (C=N–C) groups is 1. The summed E-state index contributed by atoms with van der Waals surface area (Å²) in [5.41, 5.74) is 6.20. The van der Waals surface area contributed by atoms with Crippen molar-refractivity contribution in [2.45, 2.75) is 40.5 Å². The van der Waals surface area contributed by atoms with Crippen LogP contribution in [0.1, 0.15) is 44.4 Å². The third kappa shape index (κ3) is 4.22. The Kier molecular flexibility index (Phi) is 6.40. The first-order chi connectivity index (χ1) is 11.2. The van der Waals surface area contributed by atoms with Crippen LogP contribution in [0.15, 0.2) is 47.5 Å². The molecule has 2 aromatic rings. The van der Waals surface area contributed by atoms with Gasteiger partial charge in [-0.2, -0.15) is 0 Å². The molecule has 0 aliphatic heterocycles. The van der Waals surface area contributed by atoms with E-state index in [0.29, 0.717) is 0 Å². The first kappa shape index (κ1) is 17.3. The Labute approximate surface area is 140 Å². The third-order valence-electron chi connectivity index (χ3n) is 4.33. The molecule has 0 saturated heterocycles. The fraction of sp³-hybridized carbons (Fsp3) is 0.381. The lowest BCUT2D eigenvalue weighted by Crippen LogP contribution is -2.21. The zero-order chi connectivity index (χ0) is 16.7. The molecule has 0 fully saturated rings. The third-order valence-corrected chi connectivity index (χ3v) is 4.33. The van der Waals surface area contributed by atoms with Gasteiger partial charge in [-0.15, -0.1) is 0 Å². The van der Waals surface area contributed by atoms with Gasteiger partial charge in [0, 0.05) is 25.0 Å². The maximum atomic E-state index is 4.79. The van der Waals surface area contributed by atoms with Crippen molar-refractivity contribution >= 4 is 17.6 Å². The normalized spacial score (nSPS) is 11.1. The van der Waals surface area contributed by atoms with Gasteiger partial charge in [0.15, 0.2) is 0 Å². The molecular formula is C21H28N2. The maximum Gasteiger partial charge on any atom is 0.0693 e. The molecular weight excluding hydrogens is 280 g/mol. The molecule has 0 aliphatic carbocycles. The van der Waals surface area contributed by atoms with E-state index >= 15 is 0 Å². The Bertz CT molecular complexity index is 615. The van der Waals surface area contributed by atoms with Crippen LogP contribution in [0.2, 0.25) is 0 Å². The number of hydrogen-bond acceptors (Lipinski definition) is 2. The van der Waals surface area contributed by atoms with Gasteiger partial charge in [-0.25, -0.2) is 0 Å². The fourth-order valence-corrected chi connectivity index (χ4v) is 2.88. The second-order valence-corrected chi connectivity index (χ2v) is 5.65. The van der Waals surface area contributed by atoms with Crippen molar-refractivity contribution in [1.29, 1.82) is 0 Å². The minimum absolute atomic E-state index is 1.02. The Morgan fingerprint density at radius 1 is 0.826 bits per heavy atom. The topological polar surface area (TPSA) is 15.6 Å². The van der Waals surface area contributed by atoms with Crippen LogP contribution in [-0.4, -0.2) is 19.3 Å². The van der Waals surface area contributed by atoms with E-state index in [1.165, 1.54) is 16.8 Å². The van der Waals surface area contributed by atoms with E-state index in [2.05, 4.69) is 75.1 Å². The van der Waals surface area contributed by atoms with Crippen LogP contribution in [0.4, 0.5) is 11.4 Å². The molecule has 2 rings (SSSR count). The summed E-state index contributed by atoms with van der Waals surface area (Å²) in [4.78, 5) is 7.14. The molecule has 0 heterocycles. The van der Waals surface area contributed by atoms with Gasteiger partial charge in [0.25, 0.3) is 0 Å². The maximum absolute atomic E-state index is 4.79. The van der Waals surface area contributed by atoms with E-state index in [-0.39, 0.29) is 0 Å². The summed E-state index contributed by atoms with van der Waals surface area (Å²) >= 11 is 0. The van der Waals surface area contributed by atoms with Crippen LogP contribution in [0.3, 0.4) is 0 Å². The number of para-hydroxylation sites is 1. The van der Waals surface area contributed by atoms with Crippen molar-refractivity contribution < 1.29 is 0 Å². The van der Waals surface area contributed by atoms with Crippen LogP contribution in [0, 0.1) is 0 Å². The monoisotopic (exact) mass is 308 g/mol. The summed E-state index contributed by atoms with van der Waals surface area (Å²) in [5.74, 6) is 0. The standard InChI is InChI=1S/C21H28N2/c1-5-18-10-9-11-19(6-2)21(18)22-16-17-12-14-20(15-13-17)23(7-3)8-4/h9-16H,5-8H2,1-4H3. The summed E-state index contributed by atoms with van der Waals surface area (Å²) < 4.78 is 0. The van der Waals surface area contributed by atoms with Gasteiger partial charge in [-0.1, -0.05) is 44.2 Å². The van der Waals surface area contributed by atoms with E-state index in [1.54, 1.807) is 0 Å².